The summed E-state index contributed by atoms with van der Waals surface area (Å²) in [4.78, 5) is 29.8. The standard InChI is InChI=1S/C31H22ClF3N4O3/c32-24-15-9-19(10-16-24)17-26(30(41)42)36-29(40)28-37-27(22-13-11-21(12-14-22)20-5-2-1-3-6-20)38-39(28)25-8-4-7-23(18-25)31(33,34)35/h1-16,18,26H,17H2,(H,36,40)(H,41,42)/t26-/m1/s1. The number of aromatic nitrogens is 3. The molecule has 1 amide bonds. The first-order chi connectivity index (χ1) is 20.1. The maximum absolute atomic E-state index is 13.5. The summed E-state index contributed by atoms with van der Waals surface area (Å²) in [7, 11) is 0. The monoisotopic (exact) mass is 590 g/mol. The number of benzene rings is 4. The highest BCUT2D eigenvalue weighted by Crippen LogP contribution is 2.31. The summed E-state index contributed by atoms with van der Waals surface area (Å²) < 4.78 is 41.4. The van der Waals surface area contributed by atoms with Crippen molar-refractivity contribution >= 4 is 23.5 Å². The maximum atomic E-state index is 13.5. The SMILES string of the molecule is O=C(N[C@H](Cc1ccc(Cl)cc1)C(=O)O)c1nc(-c2ccc(-c3ccccc3)cc2)nn1-c1cccc(C(F)(F)F)c1. The van der Waals surface area contributed by atoms with Crippen molar-refractivity contribution < 1.29 is 27.9 Å². The Morgan fingerprint density at radius 1 is 0.857 bits per heavy atom. The van der Waals surface area contributed by atoms with Crippen LogP contribution in [0.1, 0.15) is 21.7 Å². The number of hydrogen-bond donors (Lipinski definition) is 2. The molecule has 1 aromatic heterocycles. The van der Waals surface area contributed by atoms with Crippen molar-refractivity contribution in [2.24, 2.45) is 0 Å². The van der Waals surface area contributed by atoms with Crippen molar-refractivity contribution in [2.75, 3.05) is 0 Å². The Balaban J connectivity index is 1.51. The number of hydrogen-bond acceptors (Lipinski definition) is 4. The second-order valence-corrected chi connectivity index (χ2v) is 9.79. The molecule has 0 aliphatic rings. The van der Waals surface area contributed by atoms with Gasteiger partial charge in [-0.1, -0.05) is 84.4 Å². The van der Waals surface area contributed by atoms with E-state index in [0.29, 0.717) is 16.1 Å². The van der Waals surface area contributed by atoms with Crippen LogP contribution in [-0.4, -0.2) is 37.8 Å². The zero-order valence-corrected chi connectivity index (χ0v) is 22.5. The van der Waals surface area contributed by atoms with E-state index in [2.05, 4.69) is 15.4 Å². The Labute approximate surface area is 243 Å². The van der Waals surface area contributed by atoms with E-state index in [4.69, 9.17) is 11.6 Å². The minimum absolute atomic E-state index is 0.0657. The second-order valence-electron chi connectivity index (χ2n) is 9.36. The normalized spacial score (nSPS) is 12.1. The van der Waals surface area contributed by atoms with Crippen LogP contribution in [0, 0.1) is 0 Å². The molecule has 0 unspecified atom stereocenters. The average molecular weight is 591 g/mol. The fraction of sp³-hybridized carbons (Fsp3) is 0.0968. The third kappa shape index (κ3) is 6.50. The van der Waals surface area contributed by atoms with Crippen molar-refractivity contribution in [3.63, 3.8) is 0 Å². The van der Waals surface area contributed by atoms with E-state index in [-0.39, 0.29) is 23.8 Å². The summed E-state index contributed by atoms with van der Waals surface area (Å²) >= 11 is 5.91. The number of carbonyl (C=O) groups is 2. The summed E-state index contributed by atoms with van der Waals surface area (Å²) in [6.07, 6.45) is -4.70. The molecule has 5 aromatic rings. The highest BCUT2D eigenvalue weighted by atomic mass is 35.5. The molecule has 11 heteroatoms. The molecule has 0 spiro atoms. The molecule has 42 heavy (non-hydrogen) atoms. The van der Waals surface area contributed by atoms with E-state index in [1.807, 2.05) is 42.5 Å². The summed E-state index contributed by atoms with van der Waals surface area (Å²) in [5, 5.41) is 17.0. The van der Waals surface area contributed by atoms with Crippen molar-refractivity contribution in [1.29, 1.82) is 0 Å². The number of halogens is 4. The molecule has 0 saturated heterocycles. The van der Waals surface area contributed by atoms with Crippen LogP contribution < -0.4 is 5.32 Å². The quantitative estimate of drug-likeness (QED) is 0.210. The van der Waals surface area contributed by atoms with Crippen LogP contribution in [0.3, 0.4) is 0 Å². The molecule has 212 valence electrons. The lowest BCUT2D eigenvalue weighted by molar-refractivity contribution is -0.139. The van der Waals surface area contributed by atoms with E-state index >= 15 is 0 Å². The molecular weight excluding hydrogens is 569 g/mol. The van der Waals surface area contributed by atoms with Gasteiger partial charge in [0.2, 0.25) is 5.82 Å². The molecule has 2 N–H and O–H groups in total. The number of alkyl halides is 3. The van der Waals surface area contributed by atoms with Gasteiger partial charge >= 0.3 is 12.1 Å². The number of nitrogens with one attached hydrogen (secondary N) is 1. The minimum atomic E-state index is -4.64. The Hall–Kier alpha value is -4.96. The fourth-order valence-electron chi connectivity index (χ4n) is 4.30. The topological polar surface area (TPSA) is 97.1 Å². The van der Waals surface area contributed by atoms with Gasteiger partial charge in [-0.15, -0.1) is 5.10 Å². The Bertz CT molecular complexity index is 1720. The molecule has 0 radical (unpaired) electrons. The molecule has 0 bridgehead atoms. The fourth-order valence-corrected chi connectivity index (χ4v) is 4.42. The Kier molecular flexibility index (Phi) is 8.08. The van der Waals surface area contributed by atoms with Crippen molar-refractivity contribution in [2.45, 2.75) is 18.6 Å². The molecule has 1 heterocycles. The predicted octanol–water partition coefficient (Wildman–Crippen LogP) is 6.70. The molecule has 0 saturated carbocycles. The van der Waals surface area contributed by atoms with Gasteiger partial charge in [-0.3, -0.25) is 4.79 Å². The molecule has 7 nitrogen and oxygen atoms in total. The zero-order valence-electron chi connectivity index (χ0n) is 21.7. The second kappa shape index (κ2) is 11.9. The summed E-state index contributed by atoms with van der Waals surface area (Å²) in [6.45, 7) is 0. The average Bonchev–Trinajstić information content (AvgIpc) is 3.44. The van der Waals surface area contributed by atoms with E-state index in [1.54, 1.807) is 36.4 Å². The lowest BCUT2D eigenvalue weighted by Gasteiger charge is -2.15. The first kappa shape index (κ1) is 28.6. The highest BCUT2D eigenvalue weighted by Gasteiger charge is 2.32. The molecule has 5 rings (SSSR count). The van der Waals surface area contributed by atoms with Gasteiger partial charge in [0.05, 0.1) is 11.3 Å². The van der Waals surface area contributed by atoms with Crippen LogP contribution in [0.15, 0.2) is 103 Å². The van der Waals surface area contributed by atoms with Crippen LogP contribution in [0.2, 0.25) is 5.02 Å². The van der Waals surface area contributed by atoms with E-state index in [9.17, 15) is 27.9 Å². The molecule has 0 aliphatic carbocycles. The van der Waals surface area contributed by atoms with Crippen LogP contribution in [0.4, 0.5) is 13.2 Å². The third-order valence-corrected chi connectivity index (χ3v) is 6.69. The van der Waals surface area contributed by atoms with Crippen molar-refractivity contribution in [3.05, 3.63) is 125 Å². The number of carbonyl (C=O) groups excluding carboxylic acids is 1. The van der Waals surface area contributed by atoms with E-state index in [1.165, 1.54) is 12.1 Å². The van der Waals surface area contributed by atoms with Crippen LogP contribution in [0.25, 0.3) is 28.2 Å². The molecule has 0 aliphatic heterocycles. The Morgan fingerprint density at radius 2 is 1.50 bits per heavy atom. The van der Waals surface area contributed by atoms with Gasteiger partial charge in [0.25, 0.3) is 5.91 Å². The van der Waals surface area contributed by atoms with E-state index < -0.39 is 29.7 Å². The lowest BCUT2D eigenvalue weighted by atomic mass is 10.0. The van der Waals surface area contributed by atoms with Gasteiger partial charge in [0.1, 0.15) is 6.04 Å². The van der Waals surface area contributed by atoms with Gasteiger partial charge in [-0.2, -0.15) is 13.2 Å². The molecule has 1 atom stereocenters. The minimum Gasteiger partial charge on any atom is -0.480 e. The van der Waals surface area contributed by atoms with Crippen molar-refractivity contribution in [3.8, 4) is 28.2 Å². The van der Waals surface area contributed by atoms with Crippen molar-refractivity contribution in [1.82, 2.24) is 20.1 Å². The number of aliphatic carboxylic acids is 1. The summed E-state index contributed by atoms with van der Waals surface area (Å²) in [5.41, 5.74) is 1.99. The highest BCUT2D eigenvalue weighted by molar-refractivity contribution is 6.30. The first-order valence-electron chi connectivity index (χ1n) is 12.7. The van der Waals surface area contributed by atoms with Gasteiger partial charge < -0.3 is 10.4 Å². The van der Waals surface area contributed by atoms with Crippen LogP contribution in [-0.2, 0) is 17.4 Å². The van der Waals surface area contributed by atoms with Gasteiger partial charge in [-0.05, 0) is 47.0 Å². The zero-order chi connectivity index (χ0) is 29.9. The maximum Gasteiger partial charge on any atom is 0.416 e. The number of amides is 1. The smallest absolute Gasteiger partial charge is 0.416 e. The molecule has 4 aromatic carbocycles. The molecular formula is C31H22ClF3N4O3. The summed E-state index contributed by atoms with van der Waals surface area (Å²) in [6, 6.07) is 26.1. The summed E-state index contributed by atoms with van der Waals surface area (Å²) in [5.74, 6) is -2.53. The van der Waals surface area contributed by atoms with Gasteiger partial charge in [0.15, 0.2) is 5.82 Å². The Morgan fingerprint density at radius 3 is 2.14 bits per heavy atom. The number of carboxylic acid groups (broad SMARTS) is 1. The number of carboxylic acids is 1. The van der Waals surface area contributed by atoms with Gasteiger partial charge in [0, 0.05) is 17.0 Å². The van der Waals surface area contributed by atoms with Crippen LogP contribution >= 0.6 is 11.6 Å². The third-order valence-electron chi connectivity index (χ3n) is 6.44. The largest absolute Gasteiger partial charge is 0.480 e. The van der Waals surface area contributed by atoms with Crippen LogP contribution in [0.5, 0.6) is 0 Å². The lowest BCUT2D eigenvalue weighted by Crippen LogP contribution is -2.43. The number of nitrogens with zero attached hydrogens (tertiary/aromatic N) is 3. The molecule has 0 fully saturated rings. The van der Waals surface area contributed by atoms with Gasteiger partial charge in [-0.25, -0.2) is 14.5 Å². The van der Waals surface area contributed by atoms with E-state index in [0.717, 1.165) is 27.9 Å². The predicted molar refractivity (Wildman–Crippen MR) is 151 cm³/mol. The first-order valence-corrected chi connectivity index (χ1v) is 13.0. The number of rotatable bonds is 8.